The van der Waals surface area contributed by atoms with Crippen LogP contribution in [0.2, 0.25) is 0 Å². The Balaban J connectivity index is 1.47. The van der Waals surface area contributed by atoms with Crippen LogP contribution in [0.5, 0.6) is 5.75 Å². The molecule has 3 fully saturated rings. The normalized spacial score (nSPS) is 27.3. The highest BCUT2D eigenvalue weighted by atomic mass is 16.5. The van der Waals surface area contributed by atoms with E-state index in [0.717, 1.165) is 51.3 Å². The van der Waals surface area contributed by atoms with Crippen molar-refractivity contribution >= 4 is 5.91 Å². The van der Waals surface area contributed by atoms with Crippen molar-refractivity contribution in [3.63, 3.8) is 0 Å². The van der Waals surface area contributed by atoms with Crippen LogP contribution in [-0.4, -0.2) is 67.6 Å². The van der Waals surface area contributed by atoms with Gasteiger partial charge in [0.15, 0.2) is 0 Å². The zero-order chi connectivity index (χ0) is 16.9. The summed E-state index contributed by atoms with van der Waals surface area (Å²) in [6.45, 7) is 7.31. The van der Waals surface area contributed by atoms with Crippen molar-refractivity contribution in [3.8, 4) is 5.75 Å². The van der Waals surface area contributed by atoms with E-state index in [2.05, 4.69) is 34.2 Å². The topological polar surface area (TPSA) is 44.8 Å². The van der Waals surface area contributed by atoms with E-state index in [-0.39, 0.29) is 18.0 Å². The Morgan fingerprint density at radius 1 is 1.25 bits per heavy atom. The Morgan fingerprint density at radius 3 is 2.79 bits per heavy atom. The van der Waals surface area contributed by atoms with Gasteiger partial charge < -0.3 is 10.1 Å². The van der Waals surface area contributed by atoms with Crippen molar-refractivity contribution < 1.29 is 9.53 Å². The molecular weight excluding hydrogens is 302 g/mol. The Kier molecular flexibility index (Phi) is 5.74. The number of aryl methyl sites for hydroxylation is 1. The van der Waals surface area contributed by atoms with Crippen LogP contribution < -0.4 is 10.1 Å². The molecule has 0 saturated carbocycles. The van der Waals surface area contributed by atoms with E-state index in [1.807, 2.05) is 12.1 Å². The van der Waals surface area contributed by atoms with Crippen LogP contribution in [0, 0.1) is 0 Å². The molecule has 24 heavy (non-hydrogen) atoms. The van der Waals surface area contributed by atoms with Gasteiger partial charge in [0.25, 0.3) is 0 Å². The van der Waals surface area contributed by atoms with Crippen molar-refractivity contribution in [2.45, 2.75) is 38.3 Å². The number of fused-ring (bicyclic) bond motifs is 4. The maximum atomic E-state index is 12.7. The van der Waals surface area contributed by atoms with Crippen LogP contribution >= 0.6 is 0 Å². The van der Waals surface area contributed by atoms with E-state index in [1.165, 1.54) is 12.0 Å². The molecule has 1 aromatic rings. The molecule has 0 aromatic heterocycles. The minimum absolute atomic E-state index is 0.0321. The van der Waals surface area contributed by atoms with Gasteiger partial charge in [-0.05, 0) is 50.4 Å². The molecule has 1 aromatic carbocycles. The highest BCUT2D eigenvalue weighted by Crippen LogP contribution is 2.16. The van der Waals surface area contributed by atoms with Gasteiger partial charge >= 0.3 is 0 Å². The van der Waals surface area contributed by atoms with Crippen molar-refractivity contribution in [2.24, 2.45) is 0 Å². The standard InChI is InChI=1S/C19H29N3O2/c1-15(4-5-16-6-8-17(24-2)9-7-16)20-19(23)18-14-21-10-3-11-22(18)13-12-21/h6-9,15,18H,3-5,10-14H2,1-2H3,(H,20,23)/t15-,18+/m0/s1. The minimum Gasteiger partial charge on any atom is -0.497 e. The number of carbonyl (C=O) groups excluding carboxylic acids is 1. The van der Waals surface area contributed by atoms with Crippen molar-refractivity contribution in [3.05, 3.63) is 29.8 Å². The summed E-state index contributed by atoms with van der Waals surface area (Å²) in [6.07, 6.45) is 3.09. The van der Waals surface area contributed by atoms with Gasteiger partial charge in [0.05, 0.1) is 7.11 Å². The van der Waals surface area contributed by atoms with Crippen LogP contribution in [0.4, 0.5) is 0 Å². The van der Waals surface area contributed by atoms with E-state index in [9.17, 15) is 4.79 Å². The lowest BCUT2D eigenvalue weighted by molar-refractivity contribution is -0.128. The molecule has 132 valence electrons. The molecule has 2 unspecified atom stereocenters. The highest BCUT2D eigenvalue weighted by molar-refractivity contribution is 5.82. The number of piperazine rings is 1. The third kappa shape index (κ3) is 4.28. The number of amides is 1. The number of nitrogens with zero attached hydrogens (tertiary/aromatic N) is 2. The van der Waals surface area contributed by atoms with Crippen LogP contribution in [0.3, 0.4) is 0 Å². The fourth-order valence-electron chi connectivity index (χ4n) is 3.68. The van der Waals surface area contributed by atoms with E-state index in [1.54, 1.807) is 7.11 Å². The molecular formula is C19H29N3O2. The number of hydrogen-bond donors (Lipinski definition) is 1. The molecule has 0 radical (unpaired) electrons. The first-order valence-electron chi connectivity index (χ1n) is 9.05. The largest absolute Gasteiger partial charge is 0.497 e. The van der Waals surface area contributed by atoms with E-state index < -0.39 is 0 Å². The van der Waals surface area contributed by atoms with E-state index in [0.29, 0.717) is 0 Å². The first-order valence-corrected chi connectivity index (χ1v) is 9.05. The third-order valence-corrected chi connectivity index (χ3v) is 5.21. The summed E-state index contributed by atoms with van der Waals surface area (Å²) in [6, 6.07) is 8.39. The molecule has 1 amide bonds. The summed E-state index contributed by atoms with van der Waals surface area (Å²) in [5.41, 5.74) is 1.28. The summed E-state index contributed by atoms with van der Waals surface area (Å²) in [7, 11) is 1.68. The van der Waals surface area contributed by atoms with Gasteiger partial charge in [0.2, 0.25) is 5.91 Å². The Hall–Kier alpha value is -1.59. The Bertz CT molecular complexity index is 542. The van der Waals surface area contributed by atoms with Gasteiger partial charge in [-0.2, -0.15) is 0 Å². The molecule has 5 heteroatoms. The average molecular weight is 331 g/mol. The van der Waals surface area contributed by atoms with Crippen LogP contribution in [0.25, 0.3) is 0 Å². The molecule has 0 aliphatic carbocycles. The second kappa shape index (κ2) is 7.99. The fourth-order valence-corrected chi connectivity index (χ4v) is 3.68. The van der Waals surface area contributed by atoms with Gasteiger partial charge in [-0.1, -0.05) is 12.1 Å². The number of methoxy groups -OCH3 is 1. The van der Waals surface area contributed by atoms with Crippen LogP contribution in [0.15, 0.2) is 24.3 Å². The first-order chi connectivity index (χ1) is 11.7. The zero-order valence-electron chi connectivity index (χ0n) is 14.8. The zero-order valence-corrected chi connectivity index (χ0v) is 14.8. The lowest BCUT2D eigenvalue weighted by Gasteiger charge is -2.37. The highest BCUT2D eigenvalue weighted by Gasteiger charge is 2.34. The fraction of sp³-hybridized carbons (Fsp3) is 0.632. The Labute approximate surface area is 145 Å². The van der Waals surface area contributed by atoms with Crippen LogP contribution in [0.1, 0.15) is 25.3 Å². The summed E-state index contributed by atoms with van der Waals surface area (Å²) in [5, 5.41) is 3.22. The summed E-state index contributed by atoms with van der Waals surface area (Å²) < 4.78 is 5.18. The number of nitrogens with one attached hydrogen (secondary N) is 1. The minimum atomic E-state index is 0.0321. The number of benzene rings is 1. The predicted octanol–water partition coefficient (Wildman–Crippen LogP) is 1.52. The molecule has 4 rings (SSSR count). The summed E-state index contributed by atoms with van der Waals surface area (Å²) >= 11 is 0. The predicted molar refractivity (Wildman–Crippen MR) is 95.3 cm³/mol. The van der Waals surface area contributed by atoms with E-state index in [4.69, 9.17) is 4.74 Å². The molecule has 4 atom stereocenters. The third-order valence-electron chi connectivity index (χ3n) is 5.21. The van der Waals surface area contributed by atoms with E-state index >= 15 is 0 Å². The lowest BCUT2D eigenvalue weighted by Crippen LogP contribution is -2.57. The van der Waals surface area contributed by atoms with Gasteiger partial charge in [-0.15, -0.1) is 0 Å². The maximum Gasteiger partial charge on any atom is 0.238 e. The molecule has 2 bridgehead atoms. The molecule has 3 aliphatic heterocycles. The maximum absolute atomic E-state index is 12.7. The first kappa shape index (κ1) is 17.2. The number of ether oxygens (including phenoxy) is 1. The average Bonchev–Trinajstić information content (AvgIpc) is 2.96. The van der Waals surface area contributed by atoms with Gasteiger partial charge in [-0.25, -0.2) is 0 Å². The molecule has 3 saturated heterocycles. The van der Waals surface area contributed by atoms with Gasteiger partial charge in [0.1, 0.15) is 11.8 Å². The summed E-state index contributed by atoms with van der Waals surface area (Å²) in [5.74, 6) is 1.08. The van der Waals surface area contributed by atoms with Crippen molar-refractivity contribution in [1.29, 1.82) is 0 Å². The van der Waals surface area contributed by atoms with Gasteiger partial charge in [0, 0.05) is 32.2 Å². The molecule has 5 nitrogen and oxygen atoms in total. The quantitative estimate of drug-likeness (QED) is 0.858. The molecule has 3 aliphatic rings. The smallest absolute Gasteiger partial charge is 0.238 e. The second-order valence-electron chi connectivity index (χ2n) is 7.00. The monoisotopic (exact) mass is 331 g/mol. The number of rotatable bonds is 6. The summed E-state index contributed by atoms with van der Waals surface area (Å²) in [4.78, 5) is 17.4. The lowest BCUT2D eigenvalue weighted by atomic mass is 10.1. The SMILES string of the molecule is COc1ccc(CC[C@H](C)NC(=O)[C@H]2CN3CCCN2CC3)cc1. The molecule has 0 spiro atoms. The molecule has 1 N–H and O–H groups in total. The van der Waals surface area contributed by atoms with Crippen molar-refractivity contribution in [1.82, 2.24) is 15.1 Å². The van der Waals surface area contributed by atoms with Gasteiger partial charge in [-0.3, -0.25) is 14.6 Å². The Morgan fingerprint density at radius 2 is 2.04 bits per heavy atom. The van der Waals surface area contributed by atoms with Crippen molar-refractivity contribution in [2.75, 3.05) is 39.8 Å². The number of carbonyl (C=O) groups is 1. The molecule has 3 heterocycles. The second-order valence-corrected chi connectivity index (χ2v) is 7.00. The number of hydrogen-bond acceptors (Lipinski definition) is 4. The van der Waals surface area contributed by atoms with Crippen LogP contribution in [-0.2, 0) is 11.2 Å².